The van der Waals surface area contributed by atoms with E-state index in [1.54, 1.807) is 30.5 Å². The molecule has 1 saturated carbocycles. The number of benzene rings is 1. The monoisotopic (exact) mass is 439 g/mol. The molecule has 4 heterocycles. The van der Waals surface area contributed by atoms with E-state index in [0.29, 0.717) is 29.0 Å². The van der Waals surface area contributed by atoms with Gasteiger partial charge in [-0.3, -0.25) is 4.79 Å². The normalized spacial score (nSPS) is 21.9. The molecule has 1 aliphatic heterocycles. The van der Waals surface area contributed by atoms with Gasteiger partial charge in [0, 0.05) is 17.3 Å². The number of carbonyl (C=O) groups excluding carboxylic acids is 1. The SMILES string of the molecule is Nc1ncnc2c1c(-c1ccc(C(=O)Nc3ccccn3)cc1)nn2C1CC2C[N-]CC2C1. The maximum atomic E-state index is 12.6. The molecule has 4 aromatic rings. The molecule has 9 nitrogen and oxygen atoms in total. The minimum absolute atomic E-state index is 0.221. The van der Waals surface area contributed by atoms with Crippen molar-refractivity contribution in [1.82, 2.24) is 24.7 Å². The van der Waals surface area contributed by atoms with Gasteiger partial charge in [-0.05, 0) is 37.1 Å². The molecule has 3 N–H and O–H groups in total. The zero-order valence-electron chi connectivity index (χ0n) is 17.9. The van der Waals surface area contributed by atoms with E-state index < -0.39 is 0 Å². The maximum absolute atomic E-state index is 12.6. The fourth-order valence-corrected chi connectivity index (χ4v) is 5.09. The topological polar surface area (TPSA) is 126 Å². The molecule has 166 valence electrons. The van der Waals surface area contributed by atoms with Crippen LogP contribution in [0.1, 0.15) is 29.2 Å². The number of hydrogen-bond donors (Lipinski definition) is 2. The number of nitrogens with zero attached hydrogens (tertiary/aromatic N) is 6. The van der Waals surface area contributed by atoms with Crippen LogP contribution in [0.15, 0.2) is 55.0 Å². The van der Waals surface area contributed by atoms with Crippen molar-refractivity contribution in [2.45, 2.75) is 18.9 Å². The molecule has 9 heteroatoms. The lowest BCUT2D eigenvalue weighted by atomic mass is 10.0. The number of rotatable bonds is 4. The molecule has 1 aromatic carbocycles. The Bertz CT molecular complexity index is 1310. The van der Waals surface area contributed by atoms with Crippen LogP contribution in [0.4, 0.5) is 11.6 Å². The Morgan fingerprint density at radius 1 is 1.03 bits per heavy atom. The van der Waals surface area contributed by atoms with E-state index in [1.165, 1.54) is 6.33 Å². The number of fused-ring (bicyclic) bond motifs is 2. The Morgan fingerprint density at radius 3 is 2.55 bits per heavy atom. The van der Waals surface area contributed by atoms with E-state index in [-0.39, 0.29) is 11.9 Å². The fraction of sp³-hybridized carbons (Fsp3) is 0.292. The second kappa shape index (κ2) is 7.93. The molecular formula is C24H23N8O-. The van der Waals surface area contributed by atoms with Crippen molar-refractivity contribution in [2.24, 2.45) is 11.8 Å². The van der Waals surface area contributed by atoms with Gasteiger partial charge in [-0.2, -0.15) is 5.10 Å². The Hall–Kier alpha value is -3.85. The molecule has 1 amide bonds. The third-order valence-electron chi connectivity index (χ3n) is 6.73. The first-order valence-electron chi connectivity index (χ1n) is 11.1. The van der Waals surface area contributed by atoms with E-state index >= 15 is 0 Å². The van der Waals surface area contributed by atoms with Crippen molar-refractivity contribution in [1.29, 1.82) is 0 Å². The third-order valence-corrected chi connectivity index (χ3v) is 6.73. The average Bonchev–Trinajstić information content (AvgIpc) is 3.54. The lowest BCUT2D eigenvalue weighted by Crippen LogP contribution is -2.12. The molecule has 1 saturated heterocycles. The first kappa shape index (κ1) is 19.8. The maximum Gasteiger partial charge on any atom is 0.256 e. The minimum atomic E-state index is -0.221. The van der Waals surface area contributed by atoms with Crippen LogP contribution in [0.3, 0.4) is 0 Å². The van der Waals surface area contributed by atoms with Gasteiger partial charge in [0.05, 0.1) is 11.4 Å². The molecule has 1 aliphatic carbocycles. The van der Waals surface area contributed by atoms with Gasteiger partial charge in [0.2, 0.25) is 0 Å². The summed E-state index contributed by atoms with van der Waals surface area (Å²) in [7, 11) is 0. The Balaban J connectivity index is 1.33. The third kappa shape index (κ3) is 3.50. The first-order valence-corrected chi connectivity index (χ1v) is 11.1. The largest absolute Gasteiger partial charge is 0.662 e. The molecule has 2 fully saturated rings. The van der Waals surface area contributed by atoms with Crippen molar-refractivity contribution in [2.75, 3.05) is 24.1 Å². The highest BCUT2D eigenvalue weighted by Crippen LogP contribution is 2.45. The zero-order chi connectivity index (χ0) is 22.4. The van der Waals surface area contributed by atoms with Crippen LogP contribution in [-0.2, 0) is 0 Å². The van der Waals surface area contributed by atoms with E-state index in [1.807, 2.05) is 22.9 Å². The Morgan fingerprint density at radius 2 is 1.82 bits per heavy atom. The number of nitrogens with two attached hydrogens (primary N) is 1. The number of anilines is 2. The summed E-state index contributed by atoms with van der Waals surface area (Å²) < 4.78 is 2.03. The van der Waals surface area contributed by atoms with Gasteiger partial charge >= 0.3 is 0 Å². The summed E-state index contributed by atoms with van der Waals surface area (Å²) in [5, 5.41) is 13.1. The van der Waals surface area contributed by atoms with Crippen LogP contribution >= 0.6 is 0 Å². The molecule has 33 heavy (non-hydrogen) atoms. The zero-order valence-corrected chi connectivity index (χ0v) is 17.9. The summed E-state index contributed by atoms with van der Waals surface area (Å²) >= 11 is 0. The molecular weight excluding hydrogens is 416 g/mol. The molecule has 0 spiro atoms. The van der Waals surface area contributed by atoms with Gasteiger partial charge in [-0.25, -0.2) is 19.6 Å². The van der Waals surface area contributed by atoms with E-state index in [0.717, 1.165) is 48.2 Å². The van der Waals surface area contributed by atoms with Crippen molar-refractivity contribution in [3.8, 4) is 11.3 Å². The van der Waals surface area contributed by atoms with Crippen LogP contribution in [-0.4, -0.2) is 43.7 Å². The second-order valence-corrected chi connectivity index (χ2v) is 8.73. The Labute approximate surface area is 190 Å². The van der Waals surface area contributed by atoms with Gasteiger partial charge in [0.15, 0.2) is 5.65 Å². The predicted molar refractivity (Wildman–Crippen MR) is 126 cm³/mol. The highest BCUT2D eigenvalue weighted by Gasteiger charge is 2.35. The van der Waals surface area contributed by atoms with Gasteiger partial charge in [0.25, 0.3) is 5.91 Å². The minimum Gasteiger partial charge on any atom is -0.662 e. The number of nitrogens with one attached hydrogen (secondary N) is 1. The lowest BCUT2D eigenvalue weighted by Gasteiger charge is -2.16. The quantitative estimate of drug-likeness (QED) is 0.500. The number of hydrogen-bond acceptors (Lipinski definition) is 6. The first-order chi connectivity index (χ1) is 16.2. The summed E-state index contributed by atoms with van der Waals surface area (Å²) in [6, 6.07) is 13.0. The Kier molecular flexibility index (Phi) is 4.76. The fourth-order valence-electron chi connectivity index (χ4n) is 5.09. The average molecular weight is 440 g/mol. The molecule has 2 atom stereocenters. The highest BCUT2D eigenvalue weighted by atomic mass is 16.1. The van der Waals surface area contributed by atoms with E-state index in [4.69, 9.17) is 10.8 Å². The smallest absolute Gasteiger partial charge is 0.256 e. The van der Waals surface area contributed by atoms with Crippen molar-refractivity contribution < 1.29 is 4.79 Å². The van der Waals surface area contributed by atoms with Gasteiger partial charge in [-0.15, -0.1) is 13.1 Å². The van der Waals surface area contributed by atoms with E-state index in [9.17, 15) is 4.79 Å². The number of aromatic nitrogens is 5. The highest BCUT2D eigenvalue weighted by molar-refractivity contribution is 6.04. The molecule has 3 aromatic heterocycles. The molecule has 0 bridgehead atoms. The number of amides is 1. The van der Waals surface area contributed by atoms with Gasteiger partial charge < -0.3 is 16.4 Å². The summed E-state index contributed by atoms with van der Waals surface area (Å²) in [4.78, 5) is 25.5. The predicted octanol–water partition coefficient (Wildman–Crippen LogP) is 3.68. The summed E-state index contributed by atoms with van der Waals surface area (Å²) in [5.41, 5.74) is 9.17. The number of pyridine rings is 1. The van der Waals surface area contributed by atoms with Gasteiger partial charge in [-0.1, -0.05) is 30.0 Å². The summed E-state index contributed by atoms with van der Waals surface area (Å²) in [6.45, 7) is 1.90. The molecule has 2 unspecified atom stereocenters. The van der Waals surface area contributed by atoms with E-state index in [2.05, 4.69) is 25.6 Å². The summed E-state index contributed by atoms with van der Waals surface area (Å²) in [5.74, 6) is 1.96. The van der Waals surface area contributed by atoms with Crippen LogP contribution in [0.5, 0.6) is 0 Å². The van der Waals surface area contributed by atoms with Crippen molar-refractivity contribution in [3.05, 3.63) is 65.9 Å². The van der Waals surface area contributed by atoms with Crippen molar-refractivity contribution in [3.63, 3.8) is 0 Å². The van der Waals surface area contributed by atoms with Crippen molar-refractivity contribution >= 4 is 28.6 Å². The number of nitrogen functional groups attached to an aromatic ring is 1. The van der Waals surface area contributed by atoms with Crippen LogP contribution in [0, 0.1) is 11.8 Å². The molecule has 6 rings (SSSR count). The second-order valence-electron chi connectivity index (χ2n) is 8.73. The van der Waals surface area contributed by atoms with Gasteiger partial charge in [0.1, 0.15) is 23.7 Å². The number of carbonyl (C=O) groups is 1. The lowest BCUT2D eigenvalue weighted by molar-refractivity contribution is 0.102. The summed E-state index contributed by atoms with van der Waals surface area (Å²) in [6.07, 6.45) is 5.25. The van der Waals surface area contributed by atoms with Crippen LogP contribution in [0.25, 0.3) is 27.6 Å². The standard InChI is InChI=1S/C24H23N8O/c25-22-20-21(14-4-6-15(7-5-14)24(33)30-19-3-1-2-8-27-19)31-32(23(20)29-13-28-22)18-9-16-11-26-12-17(16)10-18/h1-8,13,16-18H,9-12H2,(H2,25,28,29)(H,27,30,33)/q-1. The molecule has 2 aliphatic rings. The van der Waals surface area contributed by atoms with Crippen LogP contribution in [0.2, 0.25) is 0 Å². The molecule has 0 radical (unpaired) electrons. The van der Waals surface area contributed by atoms with Crippen LogP contribution < -0.4 is 11.1 Å².